The Bertz CT molecular complexity index is 206. The molecule has 0 heterocycles. The summed E-state index contributed by atoms with van der Waals surface area (Å²) in [5.74, 6) is -2.21. The molecule has 1 fully saturated rings. The Morgan fingerprint density at radius 3 is 2.71 bits per heavy atom. The standard InChI is InChI=1S/C12H20F2/c1-3-6-10(2)9-11-7-4-5-8-12(11,13)14/h9-10H,3-8H2,1-2H3/b11-9-. The van der Waals surface area contributed by atoms with E-state index < -0.39 is 5.92 Å². The smallest absolute Gasteiger partial charge is 0.202 e. The van der Waals surface area contributed by atoms with E-state index in [1.54, 1.807) is 0 Å². The Kier molecular flexibility index (Phi) is 4.09. The summed E-state index contributed by atoms with van der Waals surface area (Å²) in [5.41, 5.74) is 0.393. The van der Waals surface area contributed by atoms with Gasteiger partial charge in [-0.15, -0.1) is 0 Å². The lowest BCUT2D eigenvalue weighted by Gasteiger charge is -2.26. The normalized spacial score (nSPS) is 26.4. The molecular weight excluding hydrogens is 182 g/mol. The molecule has 1 saturated carbocycles. The minimum Gasteiger partial charge on any atom is -0.202 e. The summed E-state index contributed by atoms with van der Waals surface area (Å²) in [6.45, 7) is 4.12. The highest BCUT2D eigenvalue weighted by molar-refractivity contribution is 5.16. The molecule has 0 saturated heterocycles. The Labute approximate surface area is 85.4 Å². The third-order valence-corrected chi connectivity index (χ3v) is 2.89. The number of rotatable bonds is 3. The van der Waals surface area contributed by atoms with Crippen molar-refractivity contribution in [2.45, 2.75) is 58.3 Å². The lowest BCUT2D eigenvalue weighted by molar-refractivity contribution is 0.0146. The second-order valence-corrected chi connectivity index (χ2v) is 4.37. The second-order valence-electron chi connectivity index (χ2n) is 4.37. The van der Waals surface area contributed by atoms with Gasteiger partial charge in [-0.1, -0.05) is 26.3 Å². The zero-order valence-corrected chi connectivity index (χ0v) is 9.15. The quantitative estimate of drug-likeness (QED) is 0.588. The van der Waals surface area contributed by atoms with Gasteiger partial charge in [-0.2, -0.15) is 0 Å². The first kappa shape index (κ1) is 11.7. The van der Waals surface area contributed by atoms with Gasteiger partial charge in [0.1, 0.15) is 0 Å². The number of hydrogen-bond acceptors (Lipinski definition) is 0. The first-order chi connectivity index (χ1) is 6.56. The highest BCUT2D eigenvalue weighted by Gasteiger charge is 2.35. The molecule has 0 radical (unpaired) electrons. The third kappa shape index (κ3) is 3.07. The van der Waals surface area contributed by atoms with Crippen molar-refractivity contribution in [1.82, 2.24) is 0 Å². The van der Waals surface area contributed by atoms with E-state index in [4.69, 9.17) is 0 Å². The van der Waals surface area contributed by atoms with Gasteiger partial charge in [0, 0.05) is 6.42 Å². The molecule has 0 aliphatic heterocycles. The van der Waals surface area contributed by atoms with Crippen molar-refractivity contribution < 1.29 is 8.78 Å². The van der Waals surface area contributed by atoms with Gasteiger partial charge in [-0.3, -0.25) is 0 Å². The van der Waals surface area contributed by atoms with Crippen LogP contribution in [-0.4, -0.2) is 5.92 Å². The molecule has 1 aliphatic carbocycles. The minimum atomic E-state index is -2.51. The van der Waals surface area contributed by atoms with Gasteiger partial charge in [0.15, 0.2) is 0 Å². The van der Waals surface area contributed by atoms with Crippen molar-refractivity contribution in [2.24, 2.45) is 5.92 Å². The Morgan fingerprint density at radius 1 is 1.43 bits per heavy atom. The first-order valence-electron chi connectivity index (χ1n) is 5.65. The Balaban J connectivity index is 2.63. The van der Waals surface area contributed by atoms with Gasteiger partial charge in [-0.05, 0) is 37.2 Å². The lowest BCUT2D eigenvalue weighted by atomic mass is 9.88. The van der Waals surface area contributed by atoms with Crippen LogP contribution in [-0.2, 0) is 0 Å². The molecule has 1 rings (SSSR count). The SMILES string of the molecule is CCCC(C)/C=C1/CCCCC1(F)F. The largest absolute Gasteiger partial charge is 0.269 e. The predicted molar refractivity (Wildman–Crippen MR) is 55.6 cm³/mol. The second kappa shape index (κ2) is 4.90. The van der Waals surface area contributed by atoms with E-state index >= 15 is 0 Å². The molecular formula is C12H20F2. The number of allylic oxidation sites excluding steroid dienone is 2. The molecule has 1 unspecified atom stereocenters. The van der Waals surface area contributed by atoms with E-state index in [0.29, 0.717) is 24.3 Å². The van der Waals surface area contributed by atoms with Crippen molar-refractivity contribution in [3.05, 3.63) is 11.6 Å². The van der Waals surface area contributed by atoms with E-state index in [9.17, 15) is 8.78 Å². The van der Waals surface area contributed by atoms with E-state index in [0.717, 1.165) is 19.3 Å². The molecule has 2 heteroatoms. The maximum Gasteiger partial charge on any atom is 0.269 e. The van der Waals surface area contributed by atoms with Gasteiger partial charge in [0.25, 0.3) is 5.92 Å². The molecule has 0 amide bonds. The van der Waals surface area contributed by atoms with Crippen molar-refractivity contribution in [2.75, 3.05) is 0 Å². The van der Waals surface area contributed by atoms with E-state index in [-0.39, 0.29) is 6.42 Å². The van der Waals surface area contributed by atoms with Crippen LogP contribution in [0.3, 0.4) is 0 Å². The summed E-state index contributed by atoms with van der Waals surface area (Å²) >= 11 is 0. The van der Waals surface area contributed by atoms with Crippen LogP contribution in [0.15, 0.2) is 11.6 Å². The topological polar surface area (TPSA) is 0 Å². The van der Waals surface area contributed by atoms with Gasteiger partial charge in [0.05, 0.1) is 0 Å². The van der Waals surface area contributed by atoms with Crippen LogP contribution in [0.5, 0.6) is 0 Å². The van der Waals surface area contributed by atoms with Crippen molar-refractivity contribution in [1.29, 1.82) is 0 Å². The Morgan fingerprint density at radius 2 is 2.14 bits per heavy atom. The average Bonchev–Trinajstić information content (AvgIpc) is 2.09. The molecule has 0 aromatic heterocycles. The van der Waals surface area contributed by atoms with Gasteiger partial charge >= 0.3 is 0 Å². The summed E-state index contributed by atoms with van der Waals surface area (Å²) in [6, 6.07) is 0. The number of hydrogen-bond donors (Lipinski definition) is 0. The fourth-order valence-electron chi connectivity index (χ4n) is 2.09. The number of alkyl halides is 2. The summed E-state index contributed by atoms with van der Waals surface area (Å²) in [5, 5.41) is 0. The molecule has 1 aliphatic rings. The summed E-state index contributed by atoms with van der Waals surface area (Å²) in [4.78, 5) is 0. The molecule has 0 nitrogen and oxygen atoms in total. The highest BCUT2D eigenvalue weighted by atomic mass is 19.3. The lowest BCUT2D eigenvalue weighted by Crippen LogP contribution is -2.23. The van der Waals surface area contributed by atoms with E-state index in [1.165, 1.54) is 0 Å². The molecule has 1 atom stereocenters. The van der Waals surface area contributed by atoms with Gasteiger partial charge in [-0.25, -0.2) is 8.78 Å². The molecule has 0 N–H and O–H groups in total. The van der Waals surface area contributed by atoms with E-state index in [2.05, 4.69) is 6.92 Å². The highest BCUT2D eigenvalue weighted by Crippen LogP contribution is 2.38. The van der Waals surface area contributed by atoms with Crippen molar-refractivity contribution in [3.8, 4) is 0 Å². The van der Waals surface area contributed by atoms with Gasteiger partial charge in [0.2, 0.25) is 0 Å². The minimum absolute atomic E-state index is 0.0533. The fourth-order valence-corrected chi connectivity index (χ4v) is 2.09. The zero-order valence-electron chi connectivity index (χ0n) is 9.15. The number of halogens is 2. The van der Waals surface area contributed by atoms with Crippen LogP contribution >= 0.6 is 0 Å². The van der Waals surface area contributed by atoms with Crippen LogP contribution in [0.4, 0.5) is 8.78 Å². The maximum absolute atomic E-state index is 13.4. The molecule has 0 bridgehead atoms. The van der Waals surface area contributed by atoms with Crippen LogP contribution in [0.2, 0.25) is 0 Å². The van der Waals surface area contributed by atoms with Crippen LogP contribution in [0.1, 0.15) is 52.4 Å². The Hall–Kier alpha value is -0.400. The summed E-state index contributed by atoms with van der Waals surface area (Å²) < 4.78 is 26.8. The van der Waals surface area contributed by atoms with Crippen LogP contribution < -0.4 is 0 Å². The molecule has 14 heavy (non-hydrogen) atoms. The zero-order chi connectivity index (χ0) is 10.6. The monoisotopic (exact) mass is 202 g/mol. The maximum atomic E-state index is 13.4. The molecule has 0 aromatic rings. The van der Waals surface area contributed by atoms with E-state index in [1.807, 2.05) is 13.0 Å². The molecule has 0 spiro atoms. The van der Waals surface area contributed by atoms with Crippen molar-refractivity contribution >= 4 is 0 Å². The van der Waals surface area contributed by atoms with Crippen molar-refractivity contribution in [3.63, 3.8) is 0 Å². The fraction of sp³-hybridized carbons (Fsp3) is 0.833. The summed E-state index contributed by atoms with van der Waals surface area (Å²) in [6.07, 6.45) is 6.14. The summed E-state index contributed by atoms with van der Waals surface area (Å²) in [7, 11) is 0. The van der Waals surface area contributed by atoms with Gasteiger partial charge < -0.3 is 0 Å². The predicted octanol–water partition coefficient (Wildman–Crippen LogP) is 4.56. The first-order valence-corrected chi connectivity index (χ1v) is 5.65. The molecule has 0 aromatic carbocycles. The van der Waals surface area contributed by atoms with Crippen LogP contribution in [0, 0.1) is 5.92 Å². The average molecular weight is 202 g/mol. The van der Waals surface area contributed by atoms with Crippen LogP contribution in [0.25, 0.3) is 0 Å². The third-order valence-electron chi connectivity index (χ3n) is 2.89. The molecule has 82 valence electrons.